The van der Waals surface area contributed by atoms with Crippen molar-refractivity contribution in [2.45, 2.75) is 27.2 Å². The molecular formula is C12H19FN2. The second-order valence-corrected chi connectivity index (χ2v) is 5.28. The van der Waals surface area contributed by atoms with Crippen molar-refractivity contribution in [2.75, 3.05) is 19.0 Å². The molecule has 0 spiro atoms. The summed E-state index contributed by atoms with van der Waals surface area (Å²) in [6, 6.07) is 1.58. The molecule has 0 bridgehead atoms. The van der Waals surface area contributed by atoms with Gasteiger partial charge in [-0.1, -0.05) is 20.8 Å². The highest BCUT2D eigenvalue weighted by molar-refractivity contribution is 5.39. The average Bonchev–Trinajstić information content (AvgIpc) is 1.99. The van der Waals surface area contributed by atoms with Gasteiger partial charge in [0.05, 0.1) is 0 Å². The monoisotopic (exact) mass is 210 g/mol. The predicted molar refractivity (Wildman–Crippen MR) is 61.7 cm³/mol. The maximum atomic E-state index is 13.6. The lowest BCUT2D eigenvalue weighted by Crippen LogP contribution is -2.14. The van der Waals surface area contributed by atoms with Crippen LogP contribution in [0.5, 0.6) is 0 Å². The highest BCUT2D eigenvalue weighted by atomic mass is 19.1. The summed E-state index contributed by atoms with van der Waals surface area (Å²) in [5.41, 5.74) is 1.11. The molecule has 3 heteroatoms. The highest BCUT2D eigenvalue weighted by Gasteiger charge is 2.14. The Morgan fingerprint density at radius 1 is 1.33 bits per heavy atom. The summed E-state index contributed by atoms with van der Waals surface area (Å²) in [6.07, 6.45) is 2.59. The second-order valence-electron chi connectivity index (χ2n) is 5.28. The fourth-order valence-corrected chi connectivity index (χ4v) is 1.51. The minimum absolute atomic E-state index is 0.160. The van der Waals surface area contributed by atoms with Gasteiger partial charge in [-0.05, 0) is 23.5 Å². The van der Waals surface area contributed by atoms with E-state index in [1.807, 2.05) is 0 Å². The van der Waals surface area contributed by atoms with Crippen molar-refractivity contribution < 1.29 is 4.39 Å². The Morgan fingerprint density at radius 2 is 1.93 bits per heavy atom. The van der Waals surface area contributed by atoms with Gasteiger partial charge in [0.2, 0.25) is 0 Å². The minimum Gasteiger partial charge on any atom is -0.360 e. The van der Waals surface area contributed by atoms with Crippen molar-refractivity contribution >= 4 is 5.82 Å². The van der Waals surface area contributed by atoms with E-state index >= 15 is 0 Å². The van der Waals surface area contributed by atoms with Crippen molar-refractivity contribution in [1.29, 1.82) is 0 Å². The SMILES string of the molecule is CN(C)c1ncc(CC(C)(C)C)cc1F. The Bertz CT molecular complexity index is 340. The molecule has 1 aromatic rings. The normalized spacial score (nSPS) is 11.6. The molecule has 0 atom stereocenters. The molecule has 15 heavy (non-hydrogen) atoms. The van der Waals surface area contributed by atoms with Gasteiger partial charge in [0.25, 0.3) is 0 Å². The van der Waals surface area contributed by atoms with Gasteiger partial charge in [-0.2, -0.15) is 0 Å². The Kier molecular flexibility index (Phi) is 3.32. The van der Waals surface area contributed by atoms with Crippen molar-refractivity contribution in [3.63, 3.8) is 0 Å². The van der Waals surface area contributed by atoms with Crippen molar-refractivity contribution in [1.82, 2.24) is 4.98 Å². The molecule has 0 fully saturated rings. The van der Waals surface area contributed by atoms with Gasteiger partial charge in [0.1, 0.15) is 0 Å². The van der Waals surface area contributed by atoms with Crippen LogP contribution < -0.4 is 4.90 Å². The first-order valence-electron chi connectivity index (χ1n) is 5.11. The fourth-order valence-electron chi connectivity index (χ4n) is 1.51. The van der Waals surface area contributed by atoms with E-state index in [2.05, 4.69) is 25.8 Å². The van der Waals surface area contributed by atoms with Gasteiger partial charge in [0, 0.05) is 20.3 Å². The smallest absolute Gasteiger partial charge is 0.165 e. The van der Waals surface area contributed by atoms with E-state index in [9.17, 15) is 4.39 Å². The molecule has 2 nitrogen and oxygen atoms in total. The zero-order valence-corrected chi connectivity index (χ0v) is 10.1. The van der Waals surface area contributed by atoms with Crippen molar-refractivity contribution in [3.8, 4) is 0 Å². The topological polar surface area (TPSA) is 16.1 Å². The van der Waals surface area contributed by atoms with Crippen LogP contribution >= 0.6 is 0 Å². The number of aromatic nitrogens is 1. The van der Waals surface area contributed by atoms with E-state index in [0.717, 1.165) is 12.0 Å². The van der Waals surface area contributed by atoms with Gasteiger partial charge in [-0.3, -0.25) is 0 Å². The van der Waals surface area contributed by atoms with Crippen LogP contribution in [0.2, 0.25) is 0 Å². The summed E-state index contributed by atoms with van der Waals surface area (Å²) < 4.78 is 13.6. The molecular weight excluding hydrogens is 191 g/mol. The first-order valence-corrected chi connectivity index (χ1v) is 5.11. The van der Waals surface area contributed by atoms with Gasteiger partial charge >= 0.3 is 0 Å². The number of hydrogen-bond acceptors (Lipinski definition) is 2. The van der Waals surface area contributed by atoms with E-state index < -0.39 is 0 Å². The zero-order valence-electron chi connectivity index (χ0n) is 10.1. The molecule has 1 heterocycles. The first kappa shape index (κ1) is 12.0. The van der Waals surface area contributed by atoms with Crippen LogP contribution in [0.15, 0.2) is 12.3 Å². The van der Waals surface area contributed by atoms with E-state index in [1.165, 1.54) is 0 Å². The summed E-state index contributed by atoms with van der Waals surface area (Å²) >= 11 is 0. The van der Waals surface area contributed by atoms with Crippen LogP contribution in [-0.4, -0.2) is 19.1 Å². The van der Waals surface area contributed by atoms with E-state index in [4.69, 9.17) is 0 Å². The van der Waals surface area contributed by atoms with Crippen LogP contribution in [-0.2, 0) is 6.42 Å². The molecule has 84 valence electrons. The average molecular weight is 210 g/mol. The second kappa shape index (κ2) is 4.17. The van der Waals surface area contributed by atoms with E-state index in [0.29, 0.717) is 5.82 Å². The van der Waals surface area contributed by atoms with Crippen LogP contribution in [0, 0.1) is 11.2 Å². The Labute approximate surface area is 91.1 Å². The molecule has 0 saturated carbocycles. The third kappa shape index (κ3) is 3.50. The number of halogens is 1. The molecule has 0 radical (unpaired) electrons. The van der Waals surface area contributed by atoms with Gasteiger partial charge in [0.15, 0.2) is 11.6 Å². The number of anilines is 1. The van der Waals surface area contributed by atoms with Crippen molar-refractivity contribution in [3.05, 3.63) is 23.6 Å². The number of nitrogens with zero attached hydrogens (tertiary/aromatic N) is 2. The quantitative estimate of drug-likeness (QED) is 0.746. The standard InChI is InChI=1S/C12H19FN2/c1-12(2,3)7-9-6-10(13)11(14-8-9)15(4)5/h6,8H,7H2,1-5H3. The Balaban J connectivity index is 2.92. The summed E-state index contributed by atoms with van der Waals surface area (Å²) in [5.74, 6) is 0.148. The van der Waals surface area contributed by atoms with Crippen molar-refractivity contribution in [2.24, 2.45) is 5.41 Å². The summed E-state index contributed by atoms with van der Waals surface area (Å²) in [7, 11) is 3.57. The first-order chi connectivity index (χ1) is 6.79. The number of rotatable bonds is 2. The number of hydrogen-bond donors (Lipinski definition) is 0. The molecule has 0 aliphatic heterocycles. The largest absolute Gasteiger partial charge is 0.360 e. The van der Waals surface area contributed by atoms with E-state index in [1.54, 1.807) is 31.3 Å². The molecule has 0 unspecified atom stereocenters. The van der Waals surface area contributed by atoms with Crippen LogP contribution in [0.3, 0.4) is 0 Å². The molecule has 0 aliphatic carbocycles. The van der Waals surface area contributed by atoms with Crippen LogP contribution in [0.1, 0.15) is 26.3 Å². The van der Waals surface area contributed by atoms with Gasteiger partial charge < -0.3 is 4.90 Å². The molecule has 0 amide bonds. The Morgan fingerprint density at radius 3 is 2.33 bits per heavy atom. The third-order valence-corrected chi connectivity index (χ3v) is 2.04. The predicted octanol–water partition coefficient (Wildman–Crippen LogP) is 2.88. The Hall–Kier alpha value is -1.12. The zero-order chi connectivity index (χ0) is 11.6. The highest BCUT2D eigenvalue weighted by Crippen LogP contribution is 2.22. The number of pyridine rings is 1. The lowest BCUT2D eigenvalue weighted by molar-refractivity contribution is 0.409. The molecule has 0 N–H and O–H groups in total. The van der Waals surface area contributed by atoms with E-state index in [-0.39, 0.29) is 11.2 Å². The summed E-state index contributed by atoms with van der Waals surface area (Å²) in [6.45, 7) is 6.39. The third-order valence-electron chi connectivity index (χ3n) is 2.04. The van der Waals surface area contributed by atoms with Gasteiger partial charge in [-0.25, -0.2) is 9.37 Å². The van der Waals surface area contributed by atoms with Crippen LogP contribution in [0.25, 0.3) is 0 Å². The lowest BCUT2D eigenvalue weighted by Gasteiger charge is -2.19. The fraction of sp³-hybridized carbons (Fsp3) is 0.583. The molecule has 0 aromatic carbocycles. The summed E-state index contributed by atoms with van der Waals surface area (Å²) in [5, 5.41) is 0. The maximum Gasteiger partial charge on any atom is 0.165 e. The van der Waals surface area contributed by atoms with Crippen LogP contribution in [0.4, 0.5) is 10.2 Å². The van der Waals surface area contributed by atoms with Gasteiger partial charge in [-0.15, -0.1) is 0 Å². The maximum absolute atomic E-state index is 13.6. The molecule has 0 aliphatic rings. The molecule has 0 saturated heterocycles. The molecule has 1 rings (SSSR count). The minimum atomic E-state index is -0.248. The summed E-state index contributed by atoms with van der Waals surface area (Å²) in [4.78, 5) is 5.79. The molecule has 1 aromatic heterocycles. The lowest BCUT2D eigenvalue weighted by atomic mass is 9.89.